The number of piperazine rings is 3. The Balaban J connectivity index is 1.50. The monoisotopic (exact) mass is 347 g/mol. The molecule has 1 aromatic rings. The first-order valence-corrected chi connectivity index (χ1v) is 9.15. The molecular weight excluding hydrogens is 317 g/mol. The molecule has 4 rings (SSSR count). The zero-order valence-electron chi connectivity index (χ0n) is 15.6. The topological polar surface area (TPSA) is 42.9 Å². The normalized spacial score (nSPS) is 26.6. The van der Waals surface area contributed by atoms with Gasteiger partial charge in [-0.3, -0.25) is 14.8 Å². The second kappa shape index (κ2) is 7.70. The third kappa shape index (κ3) is 4.50. The highest BCUT2D eigenvalue weighted by Crippen LogP contribution is 2.22. The Labute approximate surface area is 150 Å². The largest absolute Gasteiger partial charge is 0.356 e. The van der Waals surface area contributed by atoms with Gasteiger partial charge in [0.2, 0.25) is 0 Å². The molecule has 5 nitrogen and oxygen atoms in total. The van der Waals surface area contributed by atoms with Crippen LogP contribution in [0.25, 0.3) is 0 Å². The van der Waals surface area contributed by atoms with Gasteiger partial charge in [-0.15, -0.1) is 0 Å². The molecule has 0 aromatic heterocycles. The van der Waals surface area contributed by atoms with E-state index in [-0.39, 0.29) is 11.2 Å². The quantitative estimate of drug-likeness (QED) is 0.622. The number of hydrogen-bond acceptors (Lipinski definition) is 3. The standard InChI is InChI=1S/C19H30FN5/c1-19(2,15-5-4-6-16(20)11-15)14-23-18(21-3)22-12-17-13-24-7-9-25(17)10-8-24/h4-6,11,17H,7-10,12-14H2,1-3H3,(H2,21,22,23). The fourth-order valence-electron chi connectivity index (χ4n) is 3.67. The molecule has 6 heteroatoms. The Morgan fingerprint density at radius 1 is 1.24 bits per heavy atom. The molecule has 3 fully saturated rings. The zero-order chi connectivity index (χ0) is 17.9. The van der Waals surface area contributed by atoms with E-state index in [0.717, 1.165) is 24.6 Å². The van der Waals surface area contributed by atoms with Crippen LogP contribution in [0.1, 0.15) is 19.4 Å². The summed E-state index contributed by atoms with van der Waals surface area (Å²) in [4.78, 5) is 9.44. The zero-order valence-corrected chi connectivity index (χ0v) is 15.6. The van der Waals surface area contributed by atoms with Crippen molar-refractivity contribution in [2.24, 2.45) is 4.99 Å². The lowest BCUT2D eigenvalue weighted by atomic mass is 9.84. The minimum atomic E-state index is -0.190. The average molecular weight is 347 g/mol. The van der Waals surface area contributed by atoms with E-state index in [9.17, 15) is 4.39 Å². The van der Waals surface area contributed by atoms with Crippen LogP contribution < -0.4 is 10.6 Å². The van der Waals surface area contributed by atoms with Crippen LogP contribution in [-0.4, -0.2) is 74.7 Å². The molecule has 138 valence electrons. The second-order valence-electron chi connectivity index (χ2n) is 7.69. The van der Waals surface area contributed by atoms with Crippen molar-refractivity contribution >= 4 is 5.96 Å². The van der Waals surface area contributed by atoms with Crippen LogP contribution >= 0.6 is 0 Å². The van der Waals surface area contributed by atoms with E-state index in [1.165, 1.54) is 32.2 Å². The number of halogens is 1. The van der Waals surface area contributed by atoms with Crippen molar-refractivity contribution in [1.82, 2.24) is 20.4 Å². The molecule has 0 saturated carbocycles. The third-order valence-corrected chi connectivity index (χ3v) is 5.42. The summed E-state index contributed by atoms with van der Waals surface area (Å²) in [6.45, 7) is 11.7. The van der Waals surface area contributed by atoms with Gasteiger partial charge in [0.05, 0.1) is 0 Å². The lowest BCUT2D eigenvalue weighted by Gasteiger charge is -2.47. The molecule has 2 bridgehead atoms. The molecule has 3 saturated heterocycles. The third-order valence-electron chi connectivity index (χ3n) is 5.42. The van der Waals surface area contributed by atoms with Crippen molar-refractivity contribution in [3.8, 4) is 0 Å². The van der Waals surface area contributed by atoms with Gasteiger partial charge in [-0.05, 0) is 17.7 Å². The summed E-state index contributed by atoms with van der Waals surface area (Å²) in [5.41, 5.74) is 0.803. The number of nitrogens with zero attached hydrogens (tertiary/aromatic N) is 3. The smallest absolute Gasteiger partial charge is 0.191 e. The summed E-state index contributed by atoms with van der Waals surface area (Å²) in [5.74, 6) is 0.617. The fraction of sp³-hybridized carbons (Fsp3) is 0.632. The van der Waals surface area contributed by atoms with Gasteiger partial charge < -0.3 is 10.6 Å². The number of rotatable bonds is 5. The van der Waals surface area contributed by atoms with Crippen LogP contribution in [0.3, 0.4) is 0 Å². The number of aliphatic imine (C=N–C) groups is 1. The summed E-state index contributed by atoms with van der Waals surface area (Å²) in [6, 6.07) is 7.38. The Kier molecular flexibility index (Phi) is 5.59. The van der Waals surface area contributed by atoms with Crippen molar-refractivity contribution in [2.45, 2.75) is 25.3 Å². The highest BCUT2D eigenvalue weighted by molar-refractivity contribution is 5.79. The van der Waals surface area contributed by atoms with Gasteiger partial charge in [-0.1, -0.05) is 26.0 Å². The van der Waals surface area contributed by atoms with Crippen LogP contribution in [0, 0.1) is 5.82 Å². The number of hydrogen-bond donors (Lipinski definition) is 2. The van der Waals surface area contributed by atoms with Crippen LogP contribution in [0.4, 0.5) is 4.39 Å². The highest BCUT2D eigenvalue weighted by atomic mass is 19.1. The van der Waals surface area contributed by atoms with Gasteiger partial charge in [0.1, 0.15) is 5.82 Å². The molecule has 1 aromatic carbocycles. The van der Waals surface area contributed by atoms with Crippen LogP contribution in [0.5, 0.6) is 0 Å². The SMILES string of the molecule is CN=C(NCC1CN2CCN1CC2)NCC(C)(C)c1cccc(F)c1. The molecule has 3 aliphatic rings. The van der Waals surface area contributed by atoms with Crippen LogP contribution in [0.15, 0.2) is 29.3 Å². The highest BCUT2D eigenvalue weighted by Gasteiger charge is 2.31. The molecule has 0 amide bonds. The Hall–Kier alpha value is -1.66. The lowest BCUT2D eigenvalue weighted by molar-refractivity contribution is 0.0154. The first-order valence-electron chi connectivity index (χ1n) is 9.15. The molecule has 25 heavy (non-hydrogen) atoms. The molecule has 0 spiro atoms. The molecule has 2 N–H and O–H groups in total. The number of nitrogens with one attached hydrogen (secondary N) is 2. The number of fused-ring (bicyclic) bond motifs is 3. The van der Waals surface area contributed by atoms with E-state index >= 15 is 0 Å². The summed E-state index contributed by atoms with van der Waals surface area (Å²) >= 11 is 0. The van der Waals surface area contributed by atoms with E-state index < -0.39 is 0 Å². The van der Waals surface area contributed by atoms with E-state index in [1.807, 2.05) is 6.07 Å². The van der Waals surface area contributed by atoms with Crippen molar-refractivity contribution in [2.75, 3.05) is 52.9 Å². The predicted molar refractivity (Wildman–Crippen MR) is 101 cm³/mol. The minimum absolute atomic E-state index is 0.182. The van der Waals surface area contributed by atoms with E-state index in [0.29, 0.717) is 12.6 Å². The van der Waals surface area contributed by atoms with Gasteiger partial charge >= 0.3 is 0 Å². The van der Waals surface area contributed by atoms with Gasteiger partial charge in [0, 0.05) is 64.3 Å². The molecule has 3 heterocycles. The minimum Gasteiger partial charge on any atom is -0.356 e. The number of guanidine groups is 1. The molecule has 0 radical (unpaired) electrons. The van der Waals surface area contributed by atoms with E-state index in [4.69, 9.17) is 0 Å². The Morgan fingerprint density at radius 2 is 2.00 bits per heavy atom. The first-order chi connectivity index (χ1) is 12.0. The maximum Gasteiger partial charge on any atom is 0.191 e. The van der Waals surface area contributed by atoms with Crippen LogP contribution in [0.2, 0.25) is 0 Å². The van der Waals surface area contributed by atoms with Gasteiger partial charge in [0.25, 0.3) is 0 Å². The van der Waals surface area contributed by atoms with Gasteiger partial charge in [0.15, 0.2) is 5.96 Å². The molecule has 0 aliphatic carbocycles. The molecular formula is C19H30FN5. The van der Waals surface area contributed by atoms with Gasteiger partial charge in [-0.2, -0.15) is 0 Å². The summed E-state index contributed by atoms with van der Waals surface area (Å²) in [5, 5.41) is 6.85. The maximum absolute atomic E-state index is 13.5. The van der Waals surface area contributed by atoms with Crippen molar-refractivity contribution in [3.63, 3.8) is 0 Å². The number of benzene rings is 1. The fourth-order valence-corrected chi connectivity index (χ4v) is 3.67. The summed E-state index contributed by atoms with van der Waals surface area (Å²) in [7, 11) is 1.79. The molecule has 3 aliphatic heterocycles. The van der Waals surface area contributed by atoms with E-state index in [2.05, 4.69) is 39.3 Å². The average Bonchev–Trinajstić information content (AvgIpc) is 2.63. The van der Waals surface area contributed by atoms with Crippen molar-refractivity contribution in [3.05, 3.63) is 35.6 Å². The van der Waals surface area contributed by atoms with E-state index in [1.54, 1.807) is 19.2 Å². The first kappa shape index (κ1) is 18.1. The van der Waals surface area contributed by atoms with Crippen LogP contribution in [-0.2, 0) is 5.41 Å². The Bertz CT molecular complexity index is 608. The predicted octanol–water partition coefficient (Wildman–Crippen LogP) is 1.27. The van der Waals surface area contributed by atoms with Crippen molar-refractivity contribution < 1.29 is 4.39 Å². The van der Waals surface area contributed by atoms with Gasteiger partial charge in [-0.25, -0.2) is 4.39 Å². The lowest BCUT2D eigenvalue weighted by Crippen LogP contribution is -2.64. The second-order valence-corrected chi connectivity index (χ2v) is 7.69. The Morgan fingerprint density at radius 3 is 2.60 bits per heavy atom. The molecule has 1 unspecified atom stereocenters. The van der Waals surface area contributed by atoms with Crippen molar-refractivity contribution in [1.29, 1.82) is 0 Å². The summed E-state index contributed by atoms with van der Waals surface area (Å²) < 4.78 is 13.5. The molecule has 1 atom stereocenters. The summed E-state index contributed by atoms with van der Waals surface area (Å²) in [6.07, 6.45) is 0. The maximum atomic E-state index is 13.5.